The highest BCUT2D eigenvalue weighted by Crippen LogP contribution is 2.16. The molecule has 0 radical (unpaired) electrons. The maximum atomic E-state index is 4.61. The van der Waals surface area contributed by atoms with Gasteiger partial charge in [0.15, 0.2) is 0 Å². The molecule has 23 heavy (non-hydrogen) atoms. The first kappa shape index (κ1) is 15.9. The van der Waals surface area contributed by atoms with E-state index in [4.69, 9.17) is 0 Å². The van der Waals surface area contributed by atoms with Crippen molar-refractivity contribution in [1.82, 2.24) is 24.6 Å². The summed E-state index contributed by atoms with van der Waals surface area (Å²) in [4.78, 5) is 13.9. The maximum Gasteiger partial charge on any atom is 0.132 e. The molecule has 2 aromatic rings. The van der Waals surface area contributed by atoms with Gasteiger partial charge in [-0.05, 0) is 27.2 Å². The molecule has 3 rings (SSSR count). The Balaban J connectivity index is 1.62. The van der Waals surface area contributed by atoms with Crippen molar-refractivity contribution in [3.63, 3.8) is 0 Å². The number of hydrogen-bond acceptors (Lipinski definition) is 5. The standard InChI is InChI=1S/C17H26N6/c1-4-23-13-16(11-18-23)12-21-6-5-7-22(9-8-21)17-10-14(2)19-15(3)20-17/h10-11,13H,4-9,12H2,1-3H3. The second-order valence-corrected chi connectivity index (χ2v) is 6.24. The average molecular weight is 314 g/mol. The van der Waals surface area contributed by atoms with Gasteiger partial charge in [0.25, 0.3) is 0 Å². The number of rotatable bonds is 4. The van der Waals surface area contributed by atoms with E-state index >= 15 is 0 Å². The number of anilines is 1. The monoisotopic (exact) mass is 314 g/mol. The van der Waals surface area contributed by atoms with Crippen LogP contribution in [0.2, 0.25) is 0 Å². The minimum atomic E-state index is 0.855. The molecule has 0 atom stereocenters. The molecule has 1 saturated heterocycles. The molecule has 0 unspecified atom stereocenters. The lowest BCUT2D eigenvalue weighted by Crippen LogP contribution is -2.31. The van der Waals surface area contributed by atoms with Crippen molar-refractivity contribution >= 4 is 5.82 Å². The quantitative estimate of drug-likeness (QED) is 0.864. The van der Waals surface area contributed by atoms with Crippen LogP contribution < -0.4 is 4.90 Å². The number of hydrogen-bond donors (Lipinski definition) is 0. The molecule has 0 aromatic carbocycles. The van der Waals surface area contributed by atoms with Crippen molar-refractivity contribution in [2.75, 3.05) is 31.1 Å². The summed E-state index contributed by atoms with van der Waals surface area (Å²) in [7, 11) is 0. The Morgan fingerprint density at radius 2 is 1.96 bits per heavy atom. The molecule has 0 saturated carbocycles. The van der Waals surface area contributed by atoms with Crippen molar-refractivity contribution in [3.8, 4) is 0 Å². The summed E-state index contributed by atoms with van der Waals surface area (Å²) in [6.07, 6.45) is 5.30. The zero-order valence-corrected chi connectivity index (χ0v) is 14.4. The molecule has 1 aliphatic heterocycles. The summed E-state index contributed by atoms with van der Waals surface area (Å²) >= 11 is 0. The third-order valence-corrected chi connectivity index (χ3v) is 4.28. The van der Waals surface area contributed by atoms with E-state index in [0.29, 0.717) is 0 Å². The lowest BCUT2D eigenvalue weighted by atomic mass is 10.3. The number of nitrogens with zero attached hydrogens (tertiary/aromatic N) is 6. The zero-order chi connectivity index (χ0) is 16.2. The van der Waals surface area contributed by atoms with Gasteiger partial charge in [0.1, 0.15) is 11.6 Å². The third-order valence-electron chi connectivity index (χ3n) is 4.28. The van der Waals surface area contributed by atoms with Crippen LogP contribution in [0, 0.1) is 13.8 Å². The fourth-order valence-electron chi connectivity index (χ4n) is 3.14. The largest absolute Gasteiger partial charge is 0.355 e. The SMILES string of the molecule is CCn1cc(CN2CCCN(c3cc(C)nc(C)n3)CC2)cn1. The highest BCUT2D eigenvalue weighted by molar-refractivity contribution is 5.39. The van der Waals surface area contributed by atoms with E-state index in [0.717, 1.165) is 63.0 Å². The minimum Gasteiger partial charge on any atom is -0.355 e. The summed E-state index contributed by atoms with van der Waals surface area (Å²) < 4.78 is 1.99. The van der Waals surface area contributed by atoms with Crippen LogP contribution in [0.1, 0.15) is 30.4 Å². The molecular weight excluding hydrogens is 288 g/mol. The highest BCUT2D eigenvalue weighted by atomic mass is 15.3. The average Bonchev–Trinajstić information content (AvgIpc) is 2.83. The van der Waals surface area contributed by atoms with Crippen molar-refractivity contribution in [2.24, 2.45) is 0 Å². The number of aromatic nitrogens is 4. The van der Waals surface area contributed by atoms with Gasteiger partial charge in [0.05, 0.1) is 6.20 Å². The molecule has 0 N–H and O–H groups in total. The maximum absolute atomic E-state index is 4.61. The normalized spacial score (nSPS) is 16.6. The third kappa shape index (κ3) is 4.07. The summed E-state index contributed by atoms with van der Waals surface area (Å²) in [5.74, 6) is 1.92. The molecule has 6 heteroatoms. The van der Waals surface area contributed by atoms with Gasteiger partial charge in [-0.3, -0.25) is 9.58 Å². The lowest BCUT2D eigenvalue weighted by molar-refractivity contribution is 0.285. The van der Waals surface area contributed by atoms with E-state index in [1.807, 2.05) is 24.7 Å². The second-order valence-electron chi connectivity index (χ2n) is 6.24. The van der Waals surface area contributed by atoms with Crippen molar-refractivity contribution < 1.29 is 0 Å². The lowest BCUT2D eigenvalue weighted by Gasteiger charge is -2.23. The Hall–Kier alpha value is -1.95. The topological polar surface area (TPSA) is 50.1 Å². The first-order valence-corrected chi connectivity index (χ1v) is 8.45. The molecule has 124 valence electrons. The summed E-state index contributed by atoms with van der Waals surface area (Å²) in [6.45, 7) is 12.3. The van der Waals surface area contributed by atoms with Crippen molar-refractivity contribution in [2.45, 2.75) is 40.3 Å². The van der Waals surface area contributed by atoms with Crippen LogP contribution in [0.25, 0.3) is 0 Å². The predicted molar refractivity (Wildman–Crippen MR) is 91.5 cm³/mol. The molecule has 0 aliphatic carbocycles. The van der Waals surface area contributed by atoms with E-state index in [1.54, 1.807) is 0 Å². The molecule has 1 aliphatic rings. The van der Waals surface area contributed by atoms with Crippen LogP contribution in [0.15, 0.2) is 18.5 Å². The van der Waals surface area contributed by atoms with Gasteiger partial charge in [0.2, 0.25) is 0 Å². The minimum absolute atomic E-state index is 0.855. The molecule has 0 amide bonds. The van der Waals surface area contributed by atoms with Crippen LogP contribution in [0.5, 0.6) is 0 Å². The Labute approximate surface area is 138 Å². The first-order chi connectivity index (χ1) is 11.1. The molecular formula is C17H26N6. The molecule has 2 aromatic heterocycles. The van der Waals surface area contributed by atoms with Crippen LogP contribution in [-0.2, 0) is 13.1 Å². The molecule has 6 nitrogen and oxygen atoms in total. The molecule has 0 spiro atoms. The Morgan fingerprint density at radius 3 is 2.70 bits per heavy atom. The predicted octanol–water partition coefficient (Wildman–Crippen LogP) is 2.02. The molecule has 1 fully saturated rings. The smallest absolute Gasteiger partial charge is 0.132 e. The van der Waals surface area contributed by atoms with Crippen molar-refractivity contribution in [3.05, 3.63) is 35.5 Å². The van der Waals surface area contributed by atoms with Gasteiger partial charge in [-0.15, -0.1) is 0 Å². The van der Waals surface area contributed by atoms with Gasteiger partial charge >= 0.3 is 0 Å². The summed E-state index contributed by atoms with van der Waals surface area (Å²) in [5.41, 5.74) is 2.34. The highest BCUT2D eigenvalue weighted by Gasteiger charge is 2.17. The molecule has 0 bridgehead atoms. The van der Waals surface area contributed by atoms with Gasteiger partial charge in [0, 0.05) is 62.8 Å². The summed E-state index contributed by atoms with van der Waals surface area (Å²) in [6, 6.07) is 2.09. The first-order valence-electron chi connectivity index (χ1n) is 8.45. The van der Waals surface area contributed by atoms with E-state index in [9.17, 15) is 0 Å². The van der Waals surface area contributed by atoms with Crippen molar-refractivity contribution in [1.29, 1.82) is 0 Å². The van der Waals surface area contributed by atoms with Gasteiger partial charge in [-0.25, -0.2) is 9.97 Å². The van der Waals surface area contributed by atoms with Crippen LogP contribution >= 0.6 is 0 Å². The zero-order valence-electron chi connectivity index (χ0n) is 14.4. The van der Waals surface area contributed by atoms with Gasteiger partial charge < -0.3 is 4.90 Å². The Kier molecular flexibility index (Phi) is 4.91. The fourth-order valence-corrected chi connectivity index (χ4v) is 3.14. The fraction of sp³-hybridized carbons (Fsp3) is 0.588. The van der Waals surface area contributed by atoms with Crippen LogP contribution in [0.4, 0.5) is 5.82 Å². The van der Waals surface area contributed by atoms with Crippen LogP contribution in [0.3, 0.4) is 0 Å². The Morgan fingerprint density at radius 1 is 1.09 bits per heavy atom. The van der Waals surface area contributed by atoms with E-state index in [1.165, 1.54) is 5.56 Å². The number of aryl methyl sites for hydroxylation is 3. The summed E-state index contributed by atoms with van der Waals surface area (Å²) in [5, 5.41) is 4.37. The van der Waals surface area contributed by atoms with E-state index in [-0.39, 0.29) is 0 Å². The Bertz CT molecular complexity index is 630. The van der Waals surface area contributed by atoms with Gasteiger partial charge in [-0.1, -0.05) is 0 Å². The van der Waals surface area contributed by atoms with E-state index < -0.39 is 0 Å². The van der Waals surface area contributed by atoms with E-state index in [2.05, 4.69) is 44.1 Å². The molecule has 3 heterocycles. The second kappa shape index (κ2) is 7.08. The van der Waals surface area contributed by atoms with Crippen LogP contribution in [-0.4, -0.2) is 50.8 Å². The van der Waals surface area contributed by atoms with Gasteiger partial charge in [-0.2, -0.15) is 5.10 Å².